The summed E-state index contributed by atoms with van der Waals surface area (Å²) in [6, 6.07) is 3.72. The van der Waals surface area contributed by atoms with Crippen molar-refractivity contribution in [3.05, 3.63) is 39.3 Å². The minimum atomic E-state index is -0.390. The van der Waals surface area contributed by atoms with Gasteiger partial charge in [-0.1, -0.05) is 18.2 Å². The molecular weight excluding hydrogens is 318 g/mol. The van der Waals surface area contributed by atoms with Gasteiger partial charge >= 0.3 is 5.97 Å². The Morgan fingerprint density at radius 2 is 2.22 bits per heavy atom. The van der Waals surface area contributed by atoms with Crippen LogP contribution in [0, 0.1) is 6.92 Å². The normalized spacial score (nSPS) is 10.0. The molecule has 0 unspecified atom stereocenters. The Hall–Kier alpha value is -1.00. The van der Waals surface area contributed by atoms with Crippen molar-refractivity contribution in [2.75, 3.05) is 18.5 Å². The van der Waals surface area contributed by atoms with Crippen molar-refractivity contribution in [2.24, 2.45) is 0 Å². The Morgan fingerprint density at radius 3 is 2.83 bits per heavy atom. The fraction of sp³-hybridized carbons (Fsp3) is 0.308. The number of hydrogen-bond acceptors (Lipinski definition) is 3. The Balaban J connectivity index is 2.67. The average molecular weight is 333 g/mol. The van der Waals surface area contributed by atoms with Crippen LogP contribution in [-0.4, -0.2) is 19.1 Å². The number of nitrogens with one attached hydrogen (secondary N) is 1. The number of rotatable bonds is 5. The van der Waals surface area contributed by atoms with Crippen LogP contribution in [0.4, 0.5) is 5.69 Å². The van der Waals surface area contributed by atoms with Crippen LogP contribution >= 0.6 is 27.5 Å². The van der Waals surface area contributed by atoms with E-state index in [4.69, 9.17) is 16.3 Å². The van der Waals surface area contributed by atoms with Crippen LogP contribution in [0.1, 0.15) is 12.5 Å². The lowest BCUT2D eigenvalue weighted by atomic mass is 10.2. The molecule has 98 valence electrons. The minimum Gasteiger partial charge on any atom is -0.463 e. The highest BCUT2D eigenvalue weighted by Gasteiger charge is 2.09. The third kappa shape index (κ3) is 4.03. The monoisotopic (exact) mass is 331 g/mol. The van der Waals surface area contributed by atoms with Gasteiger partial charge in [0.15, 0.2) is 0 Å². The van der Waals surface area contributed by atoms with Crippen molar-refractivity contribution in [1.82, 2.24) is 0 Å². The zero-order chi connectivity index (χ0) is 13.7. The zero-order valence-corrected chi connectivity index (χ0v) is 12.7. The van der Waals surface area contributed by atoms with Crippen molar-refractivity contribution < 1.29 is 9.53 Å². The van der Waals surface area contributed by atoms with E-state index in [1.54, 1.807) is 13.0 Å². The van der Waals surface area contributed by atoms with Crippen molar-refractivity contribution in [2.45, 2.75) is 13.8 Å². The summed E-state index contributed by atoms with van der Waals surface area (Å²) in [6.07, 6.45) is 0. The van der Waals surface area contributed by atoms with Gasteiger partial charge in [0.05, 0.1) is 12.3 Å². The van der Waals surface area contributed by atoms with Crippen LogP contribution in [0.3, 0.4) is 0 Å². The van der Waals surface area contributed by atoms with Gasteiger partial charge < -0.3 is 10.1 Å². The molecule has 5 heteroatoms. The molecule has 1 N–H and O–H groups in total. The molecule has 0 heterocycles. The predicted octanol–water partition coefficient (Wildman–Crippen LogP) is 3.94. The van der Waals surface area contributed by atoms with E-state index in [2.05, 4.69) is 27.8 Å². The number of carbonyl (C=O) groups excluding carboxylic acids is 1. The van der Waals surface area contributed by atoms with E-state index in [9.17, 15) is 4.79 Å². The molecule has 0 saturated heterocycles. The van der Waals surface area contributed by atoms with Crippen molar-refractivity contribution in [3.8, 4) is 0 Å². The van der Waals surface area contributed by atoms with Crippen molar-refractivity contribution >= 4 is 39.2 Å². The maximum absolute atomic E-state index is 11.4. The van der Waals surface area contributed by atoms with Crippen molar-refractivity contribution in [1.29, 1.82) is 0 Å². The predicted molar refractivity (Wildman–Crippen MR) is 78.2 cm³/mol. The number of anilines is 1. The highest BCUT2D eigenvalue weighted by Crippen LogP contribution is 2.29. The molecule has 0 aliphatic rings. The number of halogens is 2. The van der Waals surface area contributed by atoms with E-state index in [0.717, 1.165) is 15.7 Å². The van der Waals surface area contributed by atoms with E-state index in [0.29, 0.717) is 23.7 Å². The van der Waals surface area contributed by atoms with Gasteiger partial charge in [-0.25, -0.2) is 4.79 Å². The smallest absolute Gasteiger partial charge is 0.335 e. The number of ether oxygens (including phenoxy) is 1. The van der Waals surface area contributed by atoms with Gasteiger partial charge in [0.1, 0.15) is 0 Å². The van der Waals surface area contributed by atoms with Crippen LogP contribution in [0.15, 0.2) is 28.8 Å². The number of carbonyl (C=O) groups is 1. The van der Waals surface area contributed by atoms with Gasteiger partial charge in [0.2, 0.25) is 0 Å². The second kappa shape index (κ2) is 6.81. The van der Waals surface area contributed by atoms with Gasteiger partial charge in [0, 0.05) is 21.6 Å². The molecule has 0 radical (unpaired) electrons. The fourth-order valence-corrected chi connectivity index (χ4v) is 2.05. The molecule has 18 heavy (non-hydrogen) atoms. The minimum absolute atomic E-state index is 0.316. The molecule has 1 aromatic carbocycles. The highest BCUT2D eigenvalue weighted by atomic mass is 79.9. The summed E-state index contributed by atoms with van der Waals surface area (Å²) in [7, 11) is 0. The topological polar surface area (TPSA) is 38.3 Å². The summed E-state index contributed by atoms with van der Waals surface area (Å²) in [5, 5.41) is 3.76. The molecule has 1 aromatic rings. The zero-order valence-electron chi connectivity index (χ0n) is 10.3. The maximum atomic E-state index is 11.4. The molecule has 0 saturated carbocycles. The quantitative estimate of drug-likeness (QED) is 0.655. The number of hydrogen-bond donors (Lipinski definition) is 1. The van der Waals surface area contributed by atoms with Crippen LogP contribution in [-0.2, 0) is 9.53 Å². The summed E-state index contributed by atoms with van der Waals surface area (Å²) >= 11 is 9.47. The molecule has 0 aliphatic heterocycles. The van der Waals surface area contributed by atoms with Crippen LogP contribution in [0.25, 0.3) is 0 Å². The molecule has 0 aromatic heterocycles. The first-order chi connectivity index (χ1) is 8.45. The lowest BCUT2D eigenvalue weighted by Crippen LogP contribution is -2.15. The third-order valence-electron chi connectivity index (χ3n) is 2.30. The SMILES string of the molecule is C=C(CNc1cc(Cl)c(C)cc1Br)C(=O)OCC. The molecule has 0 fully saturated rings. The summed E-state index contributed by atoms with van der Waals surface area (Å²) in [5.74, 6) is -0.390. The van der Waals surface area contributed by atoms with E-state index >= 15 is 0 Å². The Morgan fingerprint density at radius 1 is 1.56 bits per heavy atom. The largest absolute Gasteiger partial charge is 0.463 e. The summed E-state index contributed by atoms with van der Waals surface area (Å²) < 4.78 is 5.74. The number of benzene rings is 1. The molecular formula is C13H15BrClNO2. The molecule has 0 amide bonds. The molecule has 0 spiro atoms. The average Bonchev–Trinajstić information content (AvgIpc) is 2.32. The van der Waals surface area contributed by atoms with Gasteiger partial charge in [-0.3, -0.25) is 0 Å². The Kier molecular flexibility index (Phi) is 5.69. The van der Waals surface area contributed by atoms with Gasteiger partial charge in [-0.15, -0.1) is 0 Å². The second-order valence-electron chi connectivity index (χ2n) is 3.76. The summed E-state index contributed by atoms with van der Waals surface area (Å²) in [6.45, 7) is 8.02. The standard InChI is InChI=1S/C13H15BrClNO2/c1-4-18-13(17)9(3)7-16-12-6-11(15)8(2)5-10(12)14/h5-6,16H,3-4,7H2,1-2H3. The first-order valence-electron chi connectivity index (χ1n) is 5.50. The Labute approximate surface area is 120 Å². The molecule has 1 rings (SSSR count). The molecule has 3 nitrogen and oxygen atoms in total. The van der Waals surface area contributed by atoms with Crippen molar-refractivity contribution in [3.63, 3.8) is 0 Å². The van der Waals surface area contributed by atoms with Crippen LogP contribution in [0.5, 0.6) is 0 Å². The number of aryl methyl sites for hydroxylation is 1. The molecule has 0 aliphatic carbocycles. The third-order valence-corrected chi connectivity index (χ3v) is 3.37. The van der Waals surface area contributed by atoms with Gasteiger partial charge in [0.25, 0.3) is 0 Å². The summed E-state index contributed by atoms with van der Waals surface area (Å²) in [4.78, 5) is 11.4. The van der Waals surface area contributed by atoms with Crippen LogP contribution < -0.4 is 5.32 Å². The Bertz CT molecular complexity index is 474. The van der Waals surface area contributed by atoms with E-state index in [1.807, 2.05) is 13.0 Å². The molecule has 0 bridgehead atoms. The van der Waals surface area contributed by atoms with Gasteiger partial charge in [-0.2, -0.15) is 0 Å². The molecule has 0 atom stereocenters. The number of esters is 1. The van der Waals surface area contributed by atoms with E-state index < -0.39 is 0 Å². The van der Waals surface area contributed by atoms with E-state index in [-0.39, 0.29) is 5.97 Å². The highest BCUT2D eigenvalue weighted by molar-refractivity contribution is 9.10. The maximum Gasteiger partial charge on any atom is 0.335 e. The first-order valence-corrected chi connectivity index (χ1v) is 6.67. The lowest BCUT2D eigenvalue weighted by molar-refractivity contribution is -0.138. The van der Waals surface area contributed by atoms with Gasteiger partial charge in [-0.05, 0) is 47.5 Å². The second-order valence-corrected chi connectivity index (χ2v) is 5.02. The van der Waals surface area contributed by atoms with Crippen LogP contribution in [0.2, 0.25) is 5.02 Å². The van der Waals surface area contributed by atoms with E-state index in [1.165, 1.54) is 0 Å². The summed E-state index contributed by atoms with van der Waals surface area (Å²) in [5.41, 5.74) is 2.18. The lowest BCUT2D eigenvalue weighted by Gasteiger charge is -2.11. The fourth-order valence-electron chi connectivity index (χ4n) is 1.29. The first kappa shape index (κ1) is 15.1.